The highest BCUT2D eigenvalue weighted by Crippen LogP contribution is 2.26. The van der Waals surface area contributed by atoms with E-state index >= 15 is 0 Å². The molecule has 0 radical (unpaired) electrons. The number of nitrogens with zero attached hydrogens (tertiary/aromatic N) is 3. The topological polar surface area (TPSA) is 95.8 Å². The maximum absolute atomic E-state index is 11.7. The molecule has 0 fully saturated rings. The lowest BCUT2D eigenvalue weighted by atomic mass is 10.1. The fourth-order valence-corrected chi connectivity index (χ4v) is 3.85. The van der Waals surface area contributed by atoms with Crippen LogP contribution in [0.4, 0.5) is 0 Å². The van der Waals surface area contributed by atoms with E-state index in [1.807, 2.05) is 6.07 Å². The summed E-state index contributed by atoms with van der Waals surface area (Å²) in [4.78, 5) is 13.1. The molecule has 8 heteroatoms. The Morgan fingerprint density at radius 1 is 1.27 bits per heavy atom. The number of H-pyrrole nitrogens is 1. The summed E-state index contributed by atoms with van der Waals surface area (Å²) in [7, 11) is 0. The van der Waals surface area contributed by atoms with Crippen LogP contribution in [0.1, 0.15) is 21.8 Å². The second kappa shape index (κ2) is 7.27. The number of aryl methyl sites for hydroxylation is 1. The van der Waals surface area contributed by atoms with Gasteiger partial charge in [0, 0.05) is 22.2 Å². The average molecular weight is 369 g/mol. The number of hydrogen-bond acceptors (Lipinski definition) is 5. The molecule has 0 spiro atoms. The van der Waals surface area contributed by atoms with E-state index in [4.69, 9.17) is 0 Å². The number of nitrogens with one attached hydrogen (secondary N) is 2. The van der Waals surface area contributed by atoms with Crippen LogP contribution in [0.25, 0.3) is 21.8 Å². The number of rotatable bonds is 8. The number of carboxylic acid groups (broad SMARTS) is 1. The number of carbonyl (C=O) groups is 1. The van der Waals surface area contributed by atoms with Crippen molar-refractivity contribution >= 4 is 39.1 Å². The van der Waals surface area contributed by atoms with Gasteiger partial charge in [-0.1, -0.05) is 6.07 Å². The van der Waals surface area contributed by atoms with Crippen LogP contribution in [-0.2, 0) is 13.0 Å². The Bertz CT molecular complexity index is 1030. The largest absolute Gasteiger partial charge is 0.477 e. The second-order valence-corrected chi connectivity index (χ2v) is 7.14. The van der Waals surface area contributed by atoms with E-state index in [2.05, 4.69) is 38.1 Å². The van der Waals surface area contributed by atoms with Crippen LogP contribution in [0.3, 0.4) is 0 Å². The molecule has 0 amide bonds. The fraction of sp³-hybridized carbons (Fsp3) is 0.278. The highest BCUT2D eigenvalue weighted by atomic mass is 32.1. The van der Waals surface area contributed by atoms with Crippen LogP contribution in [-0.4, -0.2) is 44.1 Å². The molecule has 3 heterocycles. The van der Waals surface area contributed by atoms with Crippen LogP contribution in [0.5, 0.6) is 0 Å². The third-order valence-electron chi connectivity index (χ3n) is 4.38. The lowest BCUT2D eigenvalue weighted by molar-refractivity contribution is 0.0685. The second-order valence-electron chi connectivity index (χ2n) is 6.10. The maximum Gasteiger partial charge on any atom is 0.354 e. The predicted molar refractivity (Wildman–Crippen MR) is 102 cm³/mol. The summed E-state index contributed by atoms with van der Waals surface area (Å²) in [6.45, 7) is 2.30. The van der Waals surface area contributed by atoms with Gasteiger partial charge in [0.15, 0.2) is 5.69 Å². The summed E-state index contributed by atoms with van der Waals surface area (Å²) in [5, 5.41) is 28.1. The van der Waals surface area contributed by atoms with Crippen molar-refractivity contribution in [3.8, 4) is 0 Å². The van der Waals surface area contributed by atoms with Gasteiger partial charge in [-0.25, -0.2) is 4.79 Å². The van der Waals surface area contributed by atoms with Crippen LogP contribution in [0, 0.1) is 0 Å². The summed E-state index contributed by atoms with van der Waals surface area (Å²) in [5.74, 6) is -0.957. The highest BCUT2D eigenvalue weighted by molar-refractivity contribution is 7.09. The van der Waals surface area contributed by atoms with Crippen molar-refractivity contribution in [2.24, 2.45) is 0 Å². The molecular formula is C18H19N5O2S. The van der Waals surface area contributed by atoms with Crippen molar-refractivity contribution in [3.05, 3.63) is 46.4 Å². The zero-order valence-corrected chi connectivity index (χ0v) is 14.9. The standard InChI is InChI=1S/C18H19N5O2S/c24-18(25)17-13-4-5-15-14(11-20-21-15)16(13)22-23(17)9-2-7-19-8-6-12-3-1-10-26-12/h1,3-5,10-11,19H,2,6-9H2,(H,20,21)(H,24,25). The molecule has 26 heavy (non-hydrogen) atoms. The third kappa shape index (κ3) is 3.21. The Labute approximate surface area is 153 Å². The van der Waals surface area contributed by atoms with Crippen molar-refractivity contribution in [3.63, 3.8) is 0 Å². The molecule has 0 aliphatic rings. The molecule has 0 bridgehead atoms. The Balaban J connectivity index is 1.43. The molecule has 7 nitrogen and oxygen atoms in total. The number of thiophene rings is 1. The van der Waals surface area contributed by atoms with Crippen molar-refractivity contribution < 1.29 is 9.90 Å². The summed E-state index contributed by atoms with van der Waals surface area (Å²) >= 11 is 1.77. The van der Waals surface area contributed by atoms with Gasteiger partial charge in [-0.2, -0.15) is 10.2 Å². The zero-order valence-electron chi connectivity index (χ0n) is 14.1. The number of aromatic carboxylic acids is 1. The molecule has 3 aromatic heterocycles. The van der Waals surface area contributed by atoms with E-state index in [0.717, 1.165) is 36.8 Å². The van der Waals surface area contributed by atoms with Crippen molar-refractivity contribution in [1.29, 1.82) is 0 Å². The molecule has 0 saturated heterocycles. The van der Waals surface area contributed by atoms with Gasteiger partial charge in [0.1, 0.15) is 5.52 Å². The summed E-state index contributed by atoms with van der Waals surface area (Å²) in [6, 6.07) is 7.83. The minimum Gasteiger partial charge on any atom is -0.477 e. The van der Waals surface area contributed by atoms with E-state index in [1.54, 1.807) is 28.3 Å². The molecule has 1 aromatic carbocycles. The number of benzene rings is 1. The van der Waals surface area contributed by atoms with Gasteiger partial charge in [-0.3, -0.25) is 9.78 Å². The van der Waals surface area contributed by atoms with Crippen molar-refractivity contribution in [2.75, 3.05) is 13.1 Å². The quantitative estimate of drug-likeness (QED) is 0.415. The minimum absolute atomic E-state index is 0.238. The molecule has 0 unspecified atom stereocenters. The number of fused-ring (bicyclic) bond motifs is 3. The lowest BCUT2D eigenvalue weighted by Gasteiger charge is -2.06. The van der Waals surface area contributed by atoms with E-state index in [-0.39, 0.29) is 5.69 Å². The third-order valence-corrected chi connectivity index (χ3v) is 5.32. The average Bonchev–Trinajstić information content (AvgIpc) is 3.35. The number of aromatic nitrogens is 4. The summed E-state index contributed by atoms with van der Waals surface area (Å²) < 4.78 is 1.60. The minimum atomic E-state index is -0.957. The van der Waals surface area contributed by atoms with Gasteiger partial charge in [0.2, 0.25) is 0 Å². The Hall–Kier alpha value is -2.71. The first-order valence-corrected chi connectivity index (χ1v) is 9.41. The first-order valence-electron chi connectivity index (χ1n) is 8.53. The Kier molecular flexibility index (Phi) is 4.68. The van der Waals surface area contributed by atoms with Crippen LogP contribution in [0.15, 0.2) is 35.8 Å². The van der Waals surface area contributed by atoms with E-state index in [1.165, 1.54) is 4.88 Å². The van der Waals surface area contributed by atoms with Crippen LogP contribution >= 0.6 is 11.3 Å². The molecule has 134 valence electrons. The molecular weight excluding hydrogens is 350 g/mol. The van der Waals surface area contributed by atoms with Gasteiger partial charge >= 0.3 is 5.97 Å². The number of carboxylic acids is 1. The van der Waals surface area contributed by atoms with Crippen LogP contribution in [0.2, 0.25) is 0 Å². The lowest BCUT2D eigenvalue weighted by Crippen LogP contribution is -2.20. The molecule has 3 N–H and O–H groups in total. The van der Waals surface area contributed by atoms with Gasteiger partial charge in [-0.05, 0) is 49.5 Å². The summed E-state index contributed by atoms with van der Waals surface area (Å²) in [6.07, 6.45) is 3.52. The number of hydrogen-bond donors (Lipinski definition) is 3. The molecule has 4 rings (SSSR count). The molecule has 0 aliphatic heterocycles. The van der Waals surface area contributed by atoms with E-state index in [9.17, 15) is 9.90 Å². The monoisotopic (exact) mass is 369 g/mol. The van der Waals surface area contributed by atoms with Gasteiger partial charge in [-0.15, -0.1) is 11.3 Å². The van der Waals surface area contributed by atoms with Crippen molar-refractivity contribution in [2.45, 2.75) is 19.4 Å². The predicted octanol–water partition coefficient (Wildman–Crippen LogP) is 2.89. The van der Waals surface area contributed by atoms with E-state index < -0.39 is 5.97 Å². The van der Waals surface area contributed by atoms with Gasteiger partial charge in [0.05, 0.1) is 11.7 Å². The highest BCUT2D eigenvalue weighted by Gasteiger charge is 2.19. The van der Waals surface area contributed by atoms with Crippen LogP contribution < -0.4 is 5.32 Å². The molecule has 0 atom stereocenters. The Morgan fingerprint density at radius 3 is 3.00 bits per heavy atom. The summed E-state index contributed by atoms with van der Waals surface area (Å²) in [5.41, 5.74) is 1.77. The Morgan fingerprint density at radius 2 is 2.19 bits per heavy atom. The maximum atomic E-state index is 11.7. The SMILES string of the molecule is O=C(O)c1c2ccc3[nH]ncc3c2nn1CCCNCCc1cccs1. The van der Waals surface area contributed by atoms with Gasteiger partial charge < -0.3 is 10.4 Å². The normalized spacial score (nSPS) is 11.5. The number of aromatic amines is 1. The van der Waals surface area contributed by atoms with Crippen molar-refractivity contribution in [1.82, 2.24) is 25.3 Å². The first-order chi connectivity index (χ1) is 12.7. The smallest absolute Gasteiger partial charge is 0.354 e. The molecule has 0 aliphatic carbocycles. The first kappa shape index (κ1) is 16.7. The molecule has 4 aromatic rings. The fourth-order valence-electron chi connectivity index (χ4n) is 3.14. The van der Waals surface area contributed by atoms with E-state index in [0.29, 0.717) is 17.4 Å². The van der Waals surface area contributed by atoms with Gasteiger partial charge in [0.25, 0.3) is 0 Å². The zero-order chi connectivity index (χ0) is 17.9. The molecule has 0 saturated carbocycles.